The molecule has 0 amide bonds. The second-order valence-electron chi connectivity index (χ2n) is 7.08. The summed E-state index contributed by atoms with van der Waals surface area (Å²) in [6.07, 6.45) is 6.64. The third kappa shape index (κ3) is 3.69. The van der Waals surface area contributed by atoms with E-state index in [1.165, 1.54) is 0 Å². The molecule has 1 atom stereocenters. The van der Waals surface area contributed by atoms with Crippen LogP contribution in [-0.4, -0.2) is 28.0 Å². The highest BCUT2D eigenvalue weighted by molar-refractivity contribution is 6.39. The number of anilines is 2. The van der Waals surface area contributed by atoms with Gasteiger partial charge in [0.05, 0.1) is 24.5 Å². The predicted molar refractivity (Wildman–Crippen MR) is 117 cm³/mol. The molecule has 0 radical (unpaired) electrons. The number of hydrogen-bond acceptors (Lipinski definition) is 4. The minimum absolute atomic E-state index is 0.304. The van der Waals surface area contributed by atoms with Crippen molar-refractivity contribution in [2.24, 2.45) is 0 Å². The summed E-state index contributed by atoms with van der Waals surface area (Å²) in [5, 5.41) is 11.1. The van der Waals surface area contributed by atoms with Crippen molar-refractivity contribution in [3.63, 3.8) is 0 Å². The number of pyridine rings is 1. The minimum Gasteiger partial charge on any atom is -0.379 e. The number of ether oxygens (including phenoxy) is 1. The summed E-state index contributed by atoms with van der Waals surface area (Å²) in [5.74, 6) is 0.752. The van der Waals surface area contributed by atoms with Crippen LogP contribution in [0.3, 0.4) is 0 Å². The molecule has 7 heteroatoms. The molecule has 1 unspecified atom stereocenters. The van der Waals surface area contributed by atoms with E-state index in [4.69, 9.17) is 27.9 Å². The van der Waals surface area contributed by atoms with Crippen molar-refractivity contribution in [2.45, 2.75) is 12.5 Å². The fourth-order valence-electron chi connectivity index (χ4n) is 3.62. The average molecular weight is 425 g/mol. The molecular formula is C22H18Cl2N4O. The zero-order chi connectivity index (χ0) is 19.8. The Morgan fingerprint density at radius 2 is 1.90 bits per heavy atom. The van der Waals surface area contributed by atoms with Crippen LogP contribution in [0, 0.1) is 0 Å². The van der Waals surface area contributed by atoms with Crippen molar-refractivity contribution >= 4 is 45.5 Å². The maximum absolute atomic E-state index is 6.38. The molecule has 5 nitrogen and oxygen atoms in total. The molecule has 5 rings (SSSR count). The molecule has 3 heterocycles. The smallest absolute Gasteiger partial charge is 0.130 e. The van der Waals surface area contributed by atoms with Gasteiger partial charge in [-0.1, -0.05) is 41.4 Å². The van der Waals surface area contributed by atoms with Crippen LogP contribution in [0.25, 0.3) is 21.9 Å². The second kappa shape index (κ2) is 7.67. The third-order valence-electron chi connectivity index (χ3n) is 5.13. The lowest BCUT2D eigenvalue weighted by Crippen LogP contribution is -2.08. The van der Waals surface area contributed by atoms with Gasteiger partial charge in [-0.3, -0.25) is 4.68 Å². The van der Waals surface area contributed by atoms with Crippen molar-refractivity contribution in [3.05, 3.63) is 71.1 Å². The number of nitrogens with one attached hydrogen (secondary N) is 1. The molecule has 1 aliphatic heterocycles. The highest BCUT2D eigenvalue weighted by atomic mass is 35.5. The van der Waals surface area contributed by atoms with Crippen LogP contribution < -0.4 is 5.32 Å². The van der Waals surface area contributed by atoms with Gasteiger partial charge in [0.1, 0.15) is 5.82 Å². The molecule has 2 aromatic heterocycles. The number of hydrogen-bond donors (Lipinski definition) is 1. The Morgan fingerprint density at radius 1 is 1.03 bits per heavy atom. The van der Waals surface area contributed by atoms with Crippen LogP contribution in [0.2, 0.25) is 10.0 Å². The van der Waals surface area contributed by atoms with Gasteiger partial charge in [0.15, 0.2) is 0 Å². The Morgan fingerprint density at radius 3 is 2.69 bits per heavy atom. The number of fused-ring (bicyclic) bond motifs is 1. The number of aromatic nitrogens is 3. The molecule has 2 aromatic carbocycles. The van der Waals surface area contributed by atoms with Crippen LogP contribution in [0.1, 0.15) is 12.5 Å². The summed E-state index contributed by atoms with van der Waals surface area (Å²) >= 11 is 12.8. The zero-order valence-corrected chi connectivity index (χ0v) is 17.0. The van der Waals surface area contributed by atoms with Crippen LogP contribution in [0.5, 0.6) is 0 Å². The third-order valence-corrected chi connectivity index (χ3v) is 5.76. The van der Waals surface area contributed by atoms with Crippen molar-refractivity contribution in [3.8, 4) is 11.1 Å². The first-order chi connectivity index (χ1) is 14.2. The molecule has 0 aliphatic carbocycles. The van der Waals surface area contributed by atoms with Gasteiger partial charge >= 0.3 is 0 Å². The Bertz CT molecular complexity index is 1160. The quantitative estimate of drug-likeness (QED) is 0.429. The van der Waals surface area contributed by atoms with E-state index in [9.17, 15) is 0 Å². The number of benzene rings is 2. The lowest BCUT2D eigenvalue weighted by atomic mass is 10.0. The second-order valence-corrected chi connectivity index (χ2v) is 7.89. The monoisotopic (exact) mass is 424 g/mol. The van der Waals surface area contributed by atoms with Gasteiger partial charge in [0, 0.05) is 40.0 Å². The van der Waals surface area contributed by atoms with Gasteiger partial charge in [-0.25, -0.2) is 4.98 Å². The largest absolute Gasteiger partial charge is 0.379 e. The van der Waals surface area contributed by atoms with Crippen molar-refractivity contribution < 1.29 is 4.74 Å². The first kappa shape index (κ1) is 18.4. The summed E-state index contributed by atoms with van der Waals surface area (Å²) in [7, 11) is 0. The van der Waals surface area contributed by atoms with Crippen LogP contribution >= 0.6 is 23.2 Å². The molecule has 29 heavy (non-hydrogen) atoms. The maximum Gasteiger partial charge on any atom is 0.130 e. The molecule has 1 fully saturated rings. The molecule has 4 aromatic rings. The van der Waals surface area contributed by atoms with Crippen LogP contribution in [-0.2, 0) is 4.74 Å². The minimum atomic E-state index is 0.304. The normalized spacial score (nSPS) is 16.4. The summed E-state index contributed by atoms with van der Waals surface area (Å²) in [6, 6.07) is 14.0. The Hall–Kier alpha value is -2.60. The van der Waals surface area contributed by atoms with Gasteiger partial charge in [-0.2, -0.15) is 5.10 Å². The lowest BCUT2D eigenvalue weighted by Gasteiger charge is -2.10. The Balaban J connectivity index is 1.45. The molecule has 146 valence electrons. The average Bonchev–Trinajstić information content (AvgIpc) is 3.39. The van der Waals surface area contributed by atoms with E-state index in [1.54, 1.807) is 0 Å². The first-order valence-corrected chi connectivity index (χ1v) is 10.2. The van der Waals surface area contributed by atoms with E-state index in [0.29, 0.717) is 22.7 Å². The molecule has 1 N–H and O–H groups in total. The summed E-state index contributed by atoms with van der Waals surface area (Å²) < 4.78 is 7.39. The highest BCUT2D eigenvalue weighted by Gasteiger charge is 2.18. The van der Waals surface area contributed by atoms with Crippen molar-refractivity contribution in [1.82, 2.24) is 14.8 Å². The first-order valence-electron chi connectivity index (χ1n) is 9.40. The maximum atomic E-state index is 6.38. The molecule has 0 bridgehead atoms. The van der Waals surface area contributed by atoms with Crippen LogP contribution in [0.4, 0.5) is 11.5 Å². The zero-order valence-electron chi connectivity index (χ0n) is 15.5. The number of nitrogens with zero attached hydrogens (tertiary/aromatic N) is 3. The van der Waals surface area contributed by atoms with Gasteiger partial charge in [0.2, 0.25) is 0 Å². The summed E-state index contributed by atoms with van der Waals surface area (Å²) in [5.41, 5.74) is 2.71. The van der Waals surface area contributed by atoms with Crippen molar-refractivity contribution in [2.75, 3.05) is 18.5 Å². The van der Waals surface area contributed by atoms with Crippen molar-refractivity contribution in [1.29, 1.82) is 0 Å². The van der Waals surface area contributed by atoms with E-state index in [-0.39, 0.29) is 0 Å². The van der Waals surface area contributed by atoms with Gasteiger partial charge < -0.3 is 10.1 Å². The van der Waals surface area contributed by atoms with Gasteiger partial charge in [-0.05, 0) is 41.6 Å². The Labute approximate surface area is 178 Å². The van der Waals surface area contributed by atoms with Crippen LogP contribution in [0.15, 0.2) is 61.1 Å². The fraction of sp³-hybridized carbons (Fsp3) is 0.182. The van der Waals surface area contributed by atoms with E-state index in [0.717, 1.165) is 46.4 Å². The molecule has 0 saturated carbocycles. The summed E-state index contributed by atoms with van der Waals surface area (Å²) in [4.78, 5) is 4.52. The van der Waals surface area contributed by atoms with Gasteiger partial charge in [0.25, 0.3) is 0 Å². The molecule has 1 aliphatic rings. The lowest BCUT2D eigenvalue weighted by molar-refractivity contribution is 0.184. The summed E-state index contributed by atoms with van der Waals surface area (Å²) in [6.45, 7) is 1.50. The topological polar surface area (TPSA) is 52.0 Å². The fourth-order valence-corrected chi connectivity index (χ4v) is 4.23. The van der Waals surface area contributed by atoms with E-state index in [2.05, 4.69) is 21.5 Å². The number of rotatable bonds is 4. The standard InChI is InChI=1S/C22H18Cl2N4O/c23-19-2-1-3-20(24)22(19)14-4-5-15-10-25-21(9-16(15)8-14)27-17-11-26-28(12-17)18-6-7-29-13-18/h1-5,8-12,18H,6-7,13H2,(H,25,27). The van der Waals surface area contributed by atoms with Gasteiger partial charge in [-0.15, -0.1) is 0 Å². The highest BCUT2D eigenvalue weighted by Crippen LogP contribution is 2.36. The molecule has 0 spiro atoms. The Kier molecular flexibility index (Phi) is 4.87. The molecule has 1 saturated heterocycles. The van der Waals surface area contributed by atoms with E-state index < -0.39 is 0 Å². The molecular weight excluding hydrogens is 407 g/mol. The SMILES string of the molecule is Clc1cccc(Cl)c1-c1ccc2cnc(Nc3cnn(C4CCOC4)c3)cc2c1. The van der Waals surface area contributed by atoms with E-state index in [1.807, 2.05) is 59.7 Å². The number of halogens is 2. The predicted octanol–water partition coefficient (Wildman–Crippen LogP) is 6.11. The van der Waals surface area contributed by atoms with E-state index >= 15 is 0 Å².